The summed E-state index contributed by atoms with van der Waals surface area (Å²) in [6, 6.07) is 8.12. The van der Waals surface area contributed by atoms with Crippen molar-refractivity contribution in [3.63, 3.8) is 0 Å². The monoisotopic (exact) mass is 565 g/mol. The minimum Gasteiger partial charge on any atom is -0.494 e. The van der Waals surface area contributed by atoms with Crippen molar-refractivity contribution in [2.24, 2.45) is 22.9 Å². The number of alkyl halides is 1. The highest BCUT2D eigenvalue weighted by atomic mass is 127. The van der Waals surface area contributed by atoms with Gasteiger partial charge in [0.1, 0.15) is 5.75 Å². The molecule has 6 heteroatoms. The summed E-state index contributed by atoms with van der Waals surface area (Å²) in [6.07, 6.45) is 12.1. The zero-order valence-corrected chi connectivity index (χ0v) is 22.3. The number of hydrazone groups is 1. The minimum absolute atomic E-state index is 0.417. The van der Waals surface area contributed by atoms with Gasteiger partial charge in [-0.15, -0.1) is 0 Å². The Labute approximate surface area is 213 Å². The third-order valence-corrected chi connectivity index (χ3v) is 10.3. The van der Waals surface area contributed by atoms with Crippen molar-refractivity contribution in [3.05, 3.63) is 24.3 Å². The number of rotatable bonds is 10. The molecule has 4 rings (SSSR count). The Kier molecular flexibility index (Phi) is 8.58. The lowest BCUT2D eigenvalue weighted by Gasteiger charge is -2.36. The van der Waals surface area contributed by atoms with Gasteiger partial charge in [-0.25, -0.2) is 0 Å². The van der Waals surface area contributed by atoms with Crippen LogP contribution in [0.5, 0.6) is 5.75 Å². The third kappa shape index (κ3) is 6.23. The van der Waals surface area contributed by atoms with Gasteiger partial charge in [-0.05, 0) is 87.5 Å². The molecule has 1 aliphatic heterocycles. The Bertz CT molecular complexity index is 787. The van der Waals surface area contributed by atoms with Crippen molar-refractivity contribution < 1.29 is 9.53 Å². The first-order valence-corrected chi connectivity index (χ1v) is 14.0. The van der Waals surface area contributed by atoms with E-state index in [-0.39, 0.29) is 0 Å². The molecule has 1 amide bonds. The molecule has 0 bridgehead atoms. The highest BCUT2D eigenvalue weighted by Crippen LogP contribution is 2.60. The van der Waals surface area contributed by atoms with Crippen LogP contribution in [0, 0.1) is 17.8 Å². The number of hydrogen-bond acceptors (Lipinski definition) is 4. The second-order valence-corrected chi connectivity index (χ2v) is 12.2. The standard InChI is InChI=1S/C27H40IN3O2/c1-3-31(29-2)24-9-11-25(12-10-24)33-18-15-23-20-27(23,28)22-13-16-30(17-14-22)26(32)19-21-7-5-4-6-8-21/h9-12,21-23H,2-8,13-20H2,1H3/t23-,27?/m1/s1. The van der Waals surface area contributed by atoms with Gasteiger partial charge in [0.2, 0.25) is 5.91 Å². The molecule has 5 nitrogen and oxygen atoms in total. The van der Waals surface area contributed by atoms with Gasteiger partial charge >= 0.3 is 0 Å². The predicted octanol–water partition coefficient (Wildman–Crippen LogP) is 6.30. The first kappa shape index (κ1) is 24.8. The van der Waals surface area contributed by atoms with Gasteiger partial charge in [-0.1, -0.05) is 41.9 Å². The van der Waals surface area contributed by atoms with E-state index in [9.17, 15) is 4.79 Å². The summed E-state index contributed by atoms with van der Waals surface area (Å²) in [5, 5.41) is 5.89. The lowest BCUT2D eigenvalue weighted by Crippen LogP contribution is -2.41. The van der Waals surface area contributed by atoms with E-state index in [2.05, 4.69) is 46.2 Å². The molecule has 2 aliphatic carbocycles. The van der Waals surface area contributed by atoms with Crippen molar-refractivity contribution in [1.29, 1.82) is 0 Å². The average Bonchev–Trinajstić information content (AvgIpc) is 3.52. The number of piperidine rings is 1. The number of carbonyl (C=O) groups is 1. The summed E-state index contributed by atoms with van der Waals surface area (Å²) >= 11 is 2.73. The molecule has 0 spiro atoms. The van der Waals surface area contributed by atoms with Crippen molar-refractivity contribution in [3.8, 4) is 5.75 Å². The van der Waals surface area contributed by atoms with E-state index in [0.29, 0.717) is 15.2 Å². The van der Waals surface area contributed by atoms with Crippen molar-refractivity contribution >= 4 is 40.9 Å². The van der Waals surface area contributed by atoms with Gasteiger partial charge in [0, 0.05) is 36.2 Å². The predicted molar refractivity (Wildman–Crippen MR) is 144 cm³/mol. The first-order chi connectivity index (χ1) is 16.0. The Hall–Kier alpha value is -1.31. The smallest absolute Gasteiger partial charge is 0.222 e. The number of ether oxygens (including phenoxy) is 1. The number of amides is 1. The average molecular weight is 566 g/mol. The highest BCUT2D eigenvalue weighted by Gasteiger charge is 2.56. The molecule has 1 heterocycles. The number of hydrogen-bond donors (Lipinski definition) is 0. The minimum atomic E-state index is 0.417. The van der Waals surface area contributed by atoms with E-state index in [0.717, 1.165) is 62.4 Å². The van der Waals surface area contributed by atoms with E-state index in [1.165, 1.54) is 51.4 Å². The van der Waals surface area contributed by atoms with Crippen LogP contribution in [0.2, 0.25) is 0 Å². The molecule has 0 aromatic heterocycles. The topological polar surface area (TPSA) is 45.1 Å². The Balaban J connectivity index is 1.16. The molecule has 1 aromatic rings. The first-order valence-electron chi connectivity index (χ1n) is 13.0. The van der Waals surface area contributed by atoms with Gasteiger partial charge in [0.25, 0.3) is 0 Å². The molecule has 3 fully saturated rings. The van der Waals surface area contributed by atoms with Crippen LogP contribution in [0.4, 0.5) is 5.69 Å². The van der Waals surface area contributed by atoms with Gasteiger partial charge in [0.15, 0.2) is 0 Å². The van der Waals surface area contributed by atoms with Crippen LogP contribution >= 0.6 is 22.6 Å². The van der Waals surface area contributed by atoms with Crippen molar-refractivity contribution in [2.45, 2.75) is 74.6 Å². The molecule has 1 unspecified atom stereocenters. The molecule has 3 aliphatic rings. The van der Waals surface area contributed by atoms with Crippen LogP contribution in [0.25, 0.3) is 0 Å². The van der Waals surface area contributed by atoms with E-state index in [1.807, 2.05) is 29.3 Å². The van der Waals surface area contributed by atoms with Crippen molar-refractivity contribution in [2.75, 3.05) is 31.3 Å². The SMILES string of the molecule is C=NN(CC)c1ccc(OCC[C@@H]2CC2(I)C2CCN(C(=O)CC3CCCCC3)CC2)cc1. The summed E-state index contributed by atoms with van der Waals surface area (Å²) < 4.78 is 6.46. The molecule has 1 saturated heterocycles. The van der Waals surface area contributed by atoms with E-state index < -0.39 is 0 Å². The summed E-state index contributed by atoms with van der Waals surface area (Å²) in [6.45, 7) is 9.18. The van der Waals surface area contributed by atoms with Crippen LogP contribution in [0.1, 0.15) is 71.1 Å². The molecule has 182 valence electrons. The Morgan fingerprint density at radius 2 is 1.88 bits per heavy atom. The molecular weight excluding hydrogens is 525 g/mol. The van der Waals surface area contributed by atoms with Gasteiger partial charge in [0.05, 0.1) is 12.3 Å². The lowest BCUT2D eigenvalue weighted by atomic mass is 9.86. The molecule has 1 aromatic carbocycles. The number of benzene rings is 1. The number of carbonyl (C=O) groups excluding carboxylic acids is 1. The summed E-state index contributed by atoms with van der Waals surface area (Å²) in [5.41, 5.74) is 1.04. The van der Waals surface area contributed by atoms with E-state index in [4.69, 9.17) is 4.74 Å². The maximum absolute atomic E-state index is 12.8. The second kappa shape index (κ2) is 11.4. The molecule has 33 heavy (non-hydrogen) atoms. The van der Waals surface area contributed by atoms with Crippen LogP contribution in [-0.2, 0) is 4.79 Å². The fourth-order valence-corrected chi connectivity index (χ4v) is 7.40. The molecule has 2 saturated carbocycles. The molecule has 0 radical (unpaired) electrons. The summed E-state index contributed by atoms with van der Waals surface area (Å²) in [7, 11) is 0. The quantitative estimate of drug-likeness (QED) is 0.145. The Morgan fingerprint density at radius 3 is 2.52 bits per heavy atom. The molecule has 2 atom stereocenters. The maximum Gasteiger partial charge on any atom is 0.222 e. The zero-order valence-electron chi connectivity index (χ0n) is 20.2. The van der Waals surface area contributed by atoms with Gasteiger partial charge in [-0.3, -0.25) is 9.80 Å². The van der Waals surface area contributed by atoms with E-state index in [1.54, 1.807) is 0 Å². The Morgan fingerprint density at radius 1 is 1.18 bits per heavy atom. The van der Waals surface area contributed by atoms with Gasteiger partial charge < -0.3 is 9.64 Å². The number of anilines is 1. The van der Waals surface area contributed by atoms with E-state index >= 15 is 0 Å². The second-order valence-electron chi connectivity index (χ2n) is 10.2. The lowest BCUT2D eigenvalue weighted by molar-refractivity contribution is -0.133. The number of likely N-dealkylation sites (tertiary alicyclic amines) is 1. The third-order valence-electron chi connectivity index (χ3n) is 8.13. The van der Waals surface area contributed by atoms with Crippen molar-refractivity contribution in [1.82, 2.24) is 4.90 Å². The zero-order chi connectivity index (χ0) is 23.3. The van der Waals surface area contributed by atoms with Gasteiger partial charge in [-0.2, -0.15) is 5.10 Å². The van der Waals surface area contributed by atoms with Crippen LogP contribution < -0.4 is 9.75 Å². The normalized spacial score (nSPS) is 26.1. The molecular formula is C27H40IN3O2. The van der Waals surface area contributed by atoms with Crippen LogP contribution in [0.15, 0.2) is 29.4 Å². The highest BCUT2D eigenvalue weighted by molar-refractivity contribution is 14.1. The number of halogens is 1. The fraction of sp³-hybridized carbons (Fsp3) is 0.704. The summed E-state index contributed by atoms with van der Waals surface area (Å²) in [5.74, 6) is 3.47. The van der Waals surface area contributed by atoms with Crippen LogP contribution in [-0.4, -0.2) is 47.2 Å². The number of nitrogens with zero attached hydrogens (tertiary/aromatic N) is 3. The maximum atomic E-state index is 12.8. The largest absolute Gasteiger partial charge is 0.494 e. The van der Waals surface area contributed by atoms with Crippen LogP contribution in [0.3, 0.4) is 0 Å². The fourth-order valence-electron chi connectivity index (χ4n) is 5.93. The molecule has 0 N–H and O–H groups in total. The summed E-state index contributed by atoms with van der Waals surface area (Å²) in [4.78, 5) is 14.9.